The Morgan fingerprint density at radius 2 is 2.14 bits per heavy atom. The van der Waals surface area contributed by atoms with Gasteiger partial charge < -0.3 is 15.8 Å². The minimum atomic E-state index is -0.454. The summed E-state index contributed by atoms with van der Waals surface area (Å²) in [4.78, 5) is 23.9. The van der Waals surface area contributed by atoms with E-state index in [1.807, 2.05) is 0 Å². The summed E-state index contributed by atoms with van der Waals surface area (Å²) in [5.41, 5.74) is 6.99. The smallest absolute Gasteiger partial charge is 0.341 e. The van der Waals surface area contributed by atoms with Gasteiger partial charge in [0.25, 0.3) is 5.91 Å². The van der Waals surface area contributed by atoms with E-state index >= 15 is 0 Å². The van der Waals surface area contributed by atoms with Crippen molar-refractivity contribution >= 4 is 49.8 Å². The maximum atomic E-state index is 12.2. The number of ether oxygens (including phenoxy) is 1. The molecule has 1 aromatic carbocycles. The van der Waals surface area contributed by atoms with Crippen molar-refractivity contribution in [3.8, 4) is 0 Å². The van der Waals surface area contributed by atoms with Gasteiger partial charge in [0.2, 0.25) is 0 Å². The highest BCUT2D eigenvalue weighted by Crippen LogP contribution is 2.26. The number of esters is 1. The van der Waals surface area contributed by atoms with Crippen LogP contribution >= 0.6 is 27.3 Å². The van der Waals surface area contributed by atoms with E-state index in [-0.39, 0.29) is 12.5 Å². The molecule has 7 heteroatoms. The van der Waals surface area contributed by atoms with Crippen molar-refractivity contribution in [2.24, 2.45) is 0 Å². The summed E-state index contributed by atoms with van der Waals surface area (Å²) < 4.78 is 5.66. The lowest BCUT2D eigenvalue weighted by Gasteiger charge is -2.07. The van der Waals surface area contributed by atoms with Gasteiger partial charge in [-0.3, -0.25) is 4.79 Å². The molecule has 2 aromatic rings. The second kappa shape index (κ2) is 6.73. The summed E-state index contributed by atoms with van der Waals surface area (Å²) in [5.74, 6) is -0.786. The van der Waals surface area contributed by atoms with Crippen molar-refractivity contribution < 1.29 is 14.3 Å². The topological polar surface area (TPSA) is 81.4 Å². The molecule has 0 fully saturated rings. The summed E-state index contributed by atoms with van der Waals surface area (Å²) >= 11 is 4.53. The summed E-state index contributed by atoms with van der Waals surface area (Å²) in [5, 5.41) is 4.88. The standard InChI is InChI=1S/C14H13BrN2O3S/c1-2-20-14(19)9-5-6-21-13(9)17-12(18)8-3-4-10(15)11(16)7-8/h3-7H,2,16H2,1H3,(H,17,18). The van der Waals surface area contributed by atoms with Crippen molar-refractivity contribution in [3.05, 3.63) is 45.2 Å². The third-order valence-corrected chi connectivity index (χ3v) is 4.20. The van der Waals surface area contributed by atoms with E-state index in [1.165, 1.54) is 11.3 Å². The number of rotatable bonds is 4. The van der Waals surface area contributed by atoms with Gasteiger partial charge in [-0.15, -0.1) is 11.3 Å². The van der Waals surface area contributed by atoms with Crippen LogP contribution in [0.15, 0.2) is 34.1 Å². The molecule has 110 valence electrons. The predicted octanol–water partition coefficient (Wildman–Crippen LogP) is 3.52. The van der Waals surface area contributed by atoms with E-state index in [1.54, 1.807) is 36.6 Å². The Morgan fingerprint density at radius 3 is 2.81 bits per heavy atom. The zero-order valence-electron chi connectivity index (χ0n) is 11.2. The highest BCUT2D eigenvalue weighted by molar-refractivity contribution is 9.10. The van der Waals surface area contributed by atoms with E-state index in [0.29, 0.717) is 21.8 Å². The number of nitrogen functional groups attached to an aromatic ring is 1. The van der Waals surface area contributed by atoms with Gasteiger partial charge in [0.1, 0.15) is 5.00 Å². The lowest BCUT2D eigenvalue weighted by Crippen LogP contribution is -2.14. The van der Waals surface area contributed by atoms with Crippen LogP contribution in [0.1, 0.15) is 27.6 Å². The van der Waals surface area contributed by atoms with Crippen LogP contribution < -0.4 is 11.1 Å². The molecule has 0 saturated carbocycles. The number of hydrogen-bond acceptors (Lipinski definition) is 5. The fourth-order valence-corrected chi connectivity index (χ4v) is 2.65. The third-order valence-electron chi connectivity index (χ3n) is 2.65. The van der Waals surface area contributed by atoms with Gasteiger partial charge in [-0.25, -0.2) is 4.79 Å². The monoisotopic (exact) mass is 368 g/mol. The summed E-state index contributed by atoms with van der Waals surface area (Å²) in [7, 11) is 0. The van der Waals surface area contributed by atoms with E-state index in [2.05, 4.69) is 21.2 Å². The predicted molar refractivity (Wildman–Crippen MR) is 86.8 cm³/mol. The normalized spacial score (nSPS) is 10.2. The molecule has 0 aliphatic heterocycles. The Balaban J connectivity index is 2.18. The maximum absolute atomic E-state index is 12.2. The van der Waals surface area contributed by atoms with Crippen LogP contribution in [0.5, 0.6) is 0 Å². The Morgan fingerprint density at radius 1 is 1.38 bits per heavy atom. The molecule has 0 spiro atoms. The third kappa shape index (κ3) is 3.62. The first-order valence-electron chi connectivity index (χ1n) is 6.14. The second-order valence-electron chi connectivity index (χ2n) is 4.07. The van der Waals surface area contributed by atoms with Crippen molar-refractivity contribution in [3.63, 3.8) is 0 Å². The fourth-order valence-electron chi connectivity index (χ4n) is 1.64. The molecule has 0 atom stereocenters. The number of nitrogens with two attached hydrogens (primary N) is 1. The number of carbonyl (C=O) groups excluding carboxylic acids is 2. The lowest BCUT2D eigenvalue weighted by atomic mass is 10.2. The molecule has 0 unspecified atom stereocenters. The number of halogens is 1. The van der Waals surface area contributed by atoms with Crippen molar-refractivity contribution in [1.82, 2.24) is 0 Å². The Bertz CT molecular complexity index is 685. The molecule has 1 aromatic heterocycles. The maximum Gasteiger partial charge on any atom is 0.341 e. The molecule has 21 heavy (non-hydrogen) atoms. The van der Waals surface area contributed by atoms with Crippen LogP contribution in [-0.2, 0) is 4.74 Å². The number of nitrogens with one attached hydrogen (secondary N) is 1. The average Bonchev–Trinajstić information content (AvgIpc) is 2.90. The molecule has 0 aliphatic carbocycles. The number of carbonyl (C=O) groups is 2. The van der Waals surface area contributed by atoms with Crippen LogP contribution in [0.2, 0.25) is 0 Å². The van der Waals surface area contributed by atoms with Crippen molar-refractivity contribution in [2.45, 2.75) is 6.92 Å². The summed E-state index contributed by atoms with van der Waals surface area (Å²) in [6.45, 7) is 2.01. The highest BCUT2D eigenvalue weighted by Gasteiger charge is 2.17. The lowest BCUT2D eigenvalue weighted by molar-refractivity contribution is 0.0528. The summed E-state index contributed by atoms with van der Waals surface area (Å²) in [6, 6.07) is 6.53. The first-order chi connectivity index (χ1) is 10.0. The highest BCUT2D eigenvalue weighted by atomic mass is 79.9. The molecule has 1 amide bonds. The molecule has 3 N–H and O–H groups in total. The SMILES string of the molecule is CCOC(=O)c1ccsc1NC(=O)c1ccc(Br)c(N)c1. The first-order valence-corrected chi connectivity index (χ1v) is 7.81. The van der Waals surface area contributed by atoms with Crippen LogP contribution in [0, 0.1) is 0 Å². The largest absolute Gasteiger partial charge is 0.462 e. The van der Waals surface area contributed by atoms with Crippen LogP contribution in [-0.4, -0.2) is 18.5 Å². The van der Waals surface area contributed by atoms with Gasteiger partial charge in [0.05, 0.1) is 12.2 Å². The quantitative estimate of drug-likeness (QED) is 0.638. The van der Waals surface area contributed by atoms with E-state index < -0.39 is 5.97 Å². The first kappa shape index (κ1) is 15.5. The molecular formula is C14H13BrN2O3S. The second-order valence-corrected chi connectivity index (χ2v) is 5.84. The Hall–Kier alpha value is -1.86. The number of anilines is 2. The zero-order chi connectivity index (χ0) is 15.4. The molecule has 0 bridgehead atoms. The molecule has 0 radical (unpaired) electrons. The summed E-state index contributed by atoms with van der Waals surface area (Å²) in [6.07, 6.45) is 0. The van der Waals surface area contributed by atoms with Gasteiger partial charge in [-0.2, -0.15) is 0 Å². The van der Waals surface area contributed by atoms with Crippen LogP contribution in [0.4, 0.5) is 10.7 Å². The van der Waals surface area contributed by atoms with Gasteiger partial charge in [-0.05, 0) is 52.5 Å². The number of benzene rings is 1. The van der Waals surface area contributed by atoms with E-state index in [0.717, 1.165) is 4.47 Å². The molecule has 1 heterocycles. The molecule has 0 saturated heterocycles. The number of amides is 1. The molecule has 0 aliphatic rings. The minimum absolute atomic E-state index is 0.283. The van der Waals surface area contributed by atoms with Crippen molar-refractivity contribution in [1.29, 1.82) is 0 Å². The zero-order valence-corrected chi connectivity index (χ0v) is 13.6. The van der Waals surface area contributed by atoms with Crippen molar-refractivity contribution in [2.75, 3.05) is 17.7 Å². The van der Waals surface area contributed by atoms with Gasteiger partial charge >= 0.3 is 5.97 Å². The fraction of sp³-hybridized carbons (Fsp3) is 0.143. The van der Waals surface area contributed by atoms with E-state index in [9.17, 15) is 9.59 Å². The molecular weight excluding hydrogens is 356 g/mol. The van der Waals surface area contributed by atoms with Gasteiger partial charge in [-0.1, -0.05) is 0 Å². The molecule has 5 nitrogen and oxygen atoms in total. The Labute approximate surface area is 134 Å². The van der Waals surface area contributed by atoms with Crippen LogP contribution in [0.25, 0.3) is 0 Å². The molecule has 2 rings (SSSR count). The van der Waals surface area contributed by atoms with Crippen LogP contribution in [0.3, 0.4) is 0 Å². The Kier molecular flexibility index (Phi) is 4.98. The van der Waals surface area contributed by atoms with Gasteiger partial charge in [0, 0.05) is 15.7 Å². The number of thiophene rings is 1. The van der Waals surface area contributed by atoms with Gasteiger partial charge in [0.15, 0.2) is 0 Å². The van der Waals surface area contributed by atoms with E-state index in [4.69, 9.17) is 10.5 Å². The minimum Gasteiger partial charge on any atom is -0.462 e. The average molecular weight is 369 g/mol. The number of hydrogen-bond donors (Lipinski definition) is 2.